The summed E-state index contributed by atoms with van der Waals surface area (Å²) in [5.41, 5.74) is 6.16. The quantitative estimate of drug-likeness (QED) is 0.566. The van der Waals surface area contributed by atoms with E-state index in [2.05, 4.69) is 11.8 Å². The molecule has 3 N–H and O–H groups in total. The summed E-state index contributed by atoms with van der Waals surface area (Å²) in [5.74, 6) is 1.84. The Bertz CT molecular complexity index is 426. The van der Waals surface area contributed by atoms with Gasteiger partial charge in [0.1, 0.15) is 18.2 Å². The normalized spacial score (nSPS) is 15.1. The molecule has 0 heterocycles. The van der Waals surface area contributed by atoms with Crippen LogP contribution in [0.25, 0.3) is 0 Å². The fraction of sp³-hybridized carbons (Fsp3) is 0.562. The van der Waals surface area contributed by atoms with E-state index in [9.17, 15) is 0 Å². The van der Waals surface area contributed by atoms with Crippen molar-refractivity contribution in [2.24, 2.45) is 11.7 Å². The van der Waals surface area contributed by atoms with Gasteiger partial charge in [-0.25, -0.2) is 0 Å². The Labute approximate surface area is 121 Å². The number of ether oxygens (including phenoxy) is 1. The molecule has 1 aliphatic carbocycles. The largest absolute Gasteiger partial charge is 0.492 e. The highest BCUT2D eigenvalue weighted by molar-refractivity contribution is 5.94. The predicted molar refractivity (Wildman–Crippen MR) is 82.4 cm³/mol. The van der Waals surface area contributed by atoms with Gasteiger partial charge in [-0.15, -0.1) is 0 Å². The molecule has 0 spiro atoms. The number of benzene rings is 1. The number of nitrogens with one attached hydrogen (secondary N) is 1. The maximum Gasteiger partial charge on any atom is 0.122 e. The average molecular weight is 275 g/mol. The summed E-state index contributed by atoms with van der Waals surface area (Å²) in [7, 11) is 0. The Hall–Kier alpha value is -1.55. The predicted octanol–water partition coefficient (Wildman–Crippen LogP) is 2.47. The molecule has 4 nitrogen and oxygen atoms in total. The number of nitrogens with zero attached hydrogens (tertiary/aromatic N) is 1. The second-order valence-electron chi connectivity index (χ2n) is 5.48. The van der Waals surface area contributed by atoms with Gasteiger partial charge in [-0.2, -0.15) is 0 Å². The van der Waals surface area contributed by atoms with Gasteiger partial charge in [-0.3, -0.25) is 10.3 Å². The SMILES string of the molecule is CCN(CCOc1ccc(C(=N)N)cc1)CC1CCC1. The minimum Gasteiger partial charge on any atom is -0.492 e. The number of hydrogen-bond acceptors (Lipinski definition) is 3. The highest BCUT2D eigenvalue weighted by Gasteiger charge is 2.19. The lowest BCUT2D eigenvalue weighted by molar-refractivity contribution is 0.158. The van der Waals surface area contributed by atoms with Crippen LogP contribution in [0.1, 0.15) is 31.7 Å². The molecule has 1 aromatic rings. The molecule has 1 aliphatic rings. The monoisotopic (exact) mass is 275 g/mol. The van der Waals surface area contributed by atoms with Crippen molar-refractivity contribution < 1.29 is 4.74 Å². The van der Waals surface area contributed by atoms with E-state index < -0.39 is 0 Å². The van der Waals surface area contributed by atoms with Crippen molar-refractivity contribution in [2.45, 2.75) is 26.2 Å². The van der Waals surface area contributed by atoms with E-state index in [1.54, 1.807) is 0 Å². The van der Waals surface area contributed by atoms with Crippen LogP contribution in [0, 0.1) is 11.3 Å². The first-order chi connectivity index (χ1) is 9.69. The molecule has 4 heteroatoms. The minimum atomic E-state index is 0.0919. The molecular weight excluding hydrogens is 250 g/mol. The Kier molecular flexibility index (Phi) is 5.41. The van der Waals surface area contributed by atoms with E-state index in [4.69, 9.17) is 15.9 Å². The van der Waals surface area contributed by atoms with Crippen LogP contribution in [0.4, 0.5) is 0 Å². The minimum absolute atomic E-state index is 0.0919. The fourth-order valence-electron chi connectivity index (χ4n) is 2.44. The number of amidine groups is 1. The number of nitrogens with two attached hydrogens (primary N) is 1. The first kappa shape index (κ1) is 14.9. The lowest BCUT2D eigenvalue weighted by Crippen LogP contribution is -2.35. The third kappa shape index (κ3) is 4.23. The Morgan fingerprint density at radius 2 is 2.05 bits per heavy atom. The van der Waals surface area contributed by atoms with Crippen LogP contribution in [0.3, 0.4) is 0 Å². The molecule has 110 valence electrons. The molecule has 1 fully saturated rings. The van der Waals surface area contributed by atoms with Gasteiger partial charge >= 0.3 is 0 Å². The van der Waals surface area contributed by atoms with Crippen LogP contribution in [0.2, 0.25) is 0 Å². The van der Waals surface area contributed by atoms with Gasteiger partial charge in [0.2, 0.25) is 0 Å². The van der Waals surface area contributed by atoms with Crippen LogP contribution < -0.4 is 10.5 Å². The zero-order valence-corrected chi connectivity index (χ0v) is 12.3. The van der Waals surface area contributed by atoms with Crippen molar-refractivity contribution in [2.75, 3.05) is 26.2 Å². The summed E-state index contributed by atoms with van der Waals surface area (Å²) in [6, 6.07) is 7.39. The maximum atomic E-state index is 7.34. The topological polar surface area (TPSA) is 62.3 Å². The molecule has 0 saturated heterocycles. The summed E-state index contributed by atoms with van der Waals surface area (Å²) in [6.07, 6.45) is 4.19. The fourth-order valence-corrected chi connectivity index (χ4v) is 2.44. The molecule has 0 amide bonds. The smallest absolute Gasteiger partial charge is 0.122 e. The number of rotatable bonds is 8. The molecule has 1 saturated carbocycles. The van der Waals surface area contributed by atoms with Gasteiger partial charge in [0.15, 0.2) is 0 Å². The third-order valence-electron chi connectivity index (χ3n) is 4.03. The average Bonchev–Trinajstić information content (AvgIpc) is 2.41. The van der Waals surface area contributed by atoms with Gasteiger partial charge in [-0.05, 0) is 49.6 Å². The molecule has 0 aromatic heterocycles. The zero-order chi connectivity index (χ0) is 14.4. The van der Waals surface area contributed by atoms with Crippen LogP contribution in [0.15, 0.2) is 24.3 Å². The van der Waals surface area contributed by atoms with Crippen molar-refractivity contribution in [3.63, 3.8) is 0 Å². The summed E-state index contributed by atoms with van der Waals surface area (Å²) in [6.45, 7) is 6.19. The molecule has 0 aliphatic heterocycles. The van der Waals surface area contributed by atoms with Crippen LogP contribution in [-0.2, 0) is 0 Å². The van der Waals surface area contributed by atoms with E-state index in [0.29, 0.717) is 6.61 Å². The molecule has 0 unspecified atom stereocenters. The van der Waals surface area contributed by atoms with Crippen molar-refractivity contribution in [3.05, 3.63) is 29.8 Å². The summed E-state index contributed by atoms with van der Waals surface area (Å²) in [4.78, 5) is 2.47. The molecular formula is C16H25N3O. The van der Waals surface area contributed by atoms with Crippen molar-refractivity contribution in [1.29, 1.82) is 5.41 Å². The Morgan fingerprint density at radius 1 is 1.35 bits per heavy atom. The Morgan fingerprint density at radius 3 is 2.55 bits per heavy atom. The lowest BCUT2D eigenvalue weighted by Gasteiger charge is -2.31. The third-order valence-corrected chi connectivity index (χ3v) is 4.03. The number of hydrogen-bond donors (Lipinski definition) is 2. The Balaban J connectivity index is 1.72. The van der Waals surface area contributed by atoms with Gasteiger partial charge in [-0.1, -0.05) is 13.3 Å². The van der Waals surface area contributed by atoms with Crippen molar-refractivity contribution >= 4 is 5.84 Å². The molecule has 1 aromatic carbocycles. The van der Waals surface area contributed by atoms with Crippen LogP contribution in [-0.4, -0.2) is 37.0 Å². The standard InChI is InChI=1S/C16H25N3O/c1-2-19(12-13-4-3-5-13)10-11-20-15-8-6-14(7-9-15)16(17)18/h6-9,13H,2-5,10-12H2,1H3,(H3,17,18). The van der Waals surface area contributed by atoms with E-state index in [0.717, 1.165) is 30.3 Å². The highest BCUT2D eigenvalue weighted by Crippen LogP contribution is 2.26. The van der Waals surface area contributed by atoms with Crippen molar-refractivity contribution in [3.8, 4) is 5.75 Å². The molecule has 2 rings (SSSR count). The maximum absolute atomic E-state index is 7.34. The van der Waals surface area contributed by atoms with E-state index in [1.165, 1.54) is 25.8 Å². The van der Waals surface area contributed by atoms with E-state index in [1.807, 2.05) is 24.3 Å². The van der Waals surface area contributed by atoms with E-state index in [-0.39, 0.29) is 5.84 Å². The van der Waals surface area contributed by atoms with Crippen molar-refractivity contribution in [1.82, 2.24) is 4.90 Å². The zero-order valence-electron chi connectivity index (χ0n) is 12.3. The molecule has 20 heavy (non-hydrogen) atoms. The molecule has 0 atom stereocenters. The number of likely N-dealkylation sites (N-methyl/N-ethyl adjacent to an activating group) is 1. The molecule has 0 bridgehead atoms. The summed E-state index contributed by atoms with van der Waals surface area (Å²) in [5, 5.41) is 7.34. The summed E-state index contributed by atoms with van der Waals surface area (Å²) < 4.78 is 5.75. The van der Waals surface area contributed by atoms with Crippen LogP contribution >= 0.6 is 0 Å². The van der Waals surface area contributed by atoms with Gasteiger partial charge < -0.3 is 10.5 Å². The van der Waals surface area contributed by atoms with Crippen LogP contribution in [0.5, 0.6) is 5.75 Å². The highest BCUT2D eigenvalue weighted by atomic mass is 16.5. The first-order valence-corrected chi connectivity index (χ1v) is 7.48. The second-order valence-corrected chi connectivity index (χ2v) is 5.48. The molecule has 0 radical (unpaired) electrons. The summed E-state index contributed by atoms with van der Waals surface area (Å²) >= 11 is 0. The van der Waals surface area contributed by atoms with E-state index >= 15 is 0 Å². The van der Waals surface area contributed by atoms with Gasteiger partial charge in [0.05, 0.1) is 0 Å². The van der Waals surface area contributed by atoms with Gasteiger partial charge in [0, 0.05) is 18.7 Å². The first-order valence-electron chi connectivity index (χ1n) is 7.48. The number of nitrogen functional groups attached to an aromatic ring is 1. The second kappa shape index (κ2) is 7.29. The lowest BCUT2D eigenvalue weighted by atomic mass is 9.85. The van der Waals surface area contributed by atoms with Gasteiger partial charge in [0.25, 0.3) is 0 Å².